The molecule has 0 unspecified atom stereocenters. The predicted molar refractivity (Wildman–Crippen MR) is 69.6 cm³/mol. The second-order valence-corrected chi connectivity index (χ2v) is 4.16. The van der Waals surface area contributed by atoms with Gasteiger partial charge >= 0.3 is 0 Å². The molecule has 2 rings (SSSR count). The number of benzene rings is 1. The Labute approximate surface area is 102 Å². The third-order valence-corrected chi connectivity index (χ3v) is 3.11. The first kappa shape index (κ1) is 12.0. The molecule has 3 nitrogen and oxygen atoms in total. The maximum absolute atomic E-state index is 8.91. The largest absolute Gasteiger partial charge is 0.497 e. The second-order valence-electron chi connectivity index (χ2n) is 4.16. The predicted octanol–water partition coefficient (Wildman–Crippen LogP) is 2.59. The molecular formula is C14H19NO2. The van der Waals surface area contributed by atoms with Gasteiger partial charge < -0.3 is 14.4 Å². The quantitative estimate of drug-likeness (QED) is 0.861. The van der Waals surface area contributed by atoms with E-state index in [1.807, 2.05) is 6.07 Å². The van der Waals surface area contributed by atoms with Crippen molar-refractivity contribution in [2.75, 3.05) is 13.7 Å². The normalized spacial score (nSPS) is 11.0. The van der Waals surface area contributed by atoms with Crippen LogP contribution in [-0.4, -0.2) is 23.4 Å². The van der Waals surface area contributed by atoms with E-state index in [0.29, 0.717) is 0 Å². The summed E-state index contributed by atoms with van der Waals surface area (Å²) in [5.41, 5.74) is 2.55. The number of aliphatic hydroxyl groups is 1. The molecule has 0 amide bonds. The lowest BCUT2D eigenvalue weighted by Gasteiger charge is -2.04. The average Bonchev–Trinajstić information content (AvgIpc) is 2.73. The first-order valence-electron chi connectivity index (χ1n) is 6.06. The van der Waals surface area contributed by atoms with Gasteiger partial charge in [0, 0.05) is 30.3 Å². The molecule has 17 heavy (non-hydrogen) atoms. The molecule has 2 aromatic rings. The third kappa shape index (κ3) is 2.29. The number of aromatic nitrogens is 1. The van der Waals surface area contributed by atoms with E-state index in [2.05, 4.69) is 29.8 Å². The monoisotopic (exact) mass is 233 g/mol. The summed E-state index contributed by atoms with van der Waals surface area (Å²) in [6.45, 7) is 3.25. The van der Waals surface area contributed by atoms with Crippen molar-refractivity contribution in [3.63, 3.8) is 0 Å². The van der Waals surface area contributed by atoms with Crippen LogP contribution in [0.15, 0.2) is 24.4 Å². The minimum absolute atomic E-state index is 0.233. The Morgan fingerprint density at radius 1 is 1.35 bits per heavy atom. The minimum Gasteiger partial charge on any atom is -0.497 e. The molecule has 0 aliphatic heterocycles. The fraction of sp³-hybridized carbons (Fsp3) is 0.429. The van der Waals surface area contributed by atoms with E-state index in [0.717, 1.165) is 25.1 Å². The van der Waals surface area contributed by atoms with Gasteiger partial charge in [0.25, 0.3) is 0 Å². The molecule has 1 aromatic heterocycles. The van der Waals surface area contributed by atoms with E-state index in [9.17, 15) is 0 Å². The highest BCUT2D eigenvalue weighted by Crippen LogP contribution is 2.26. The maximum Gasteiger partial charge on any atom is 0.119 e. The minimum atomic E-state index is 0.233. The molecule has 1 N–H and O–H groups in total. The van der Waals surface area contributed by atoms with E-state index in [-0.39, 0.29) is 6.61 Å². The summed E-state index contributed by atoms with van der Waals surface area (Å²) in [6, 6.07) is 6.16. The summed E-state index contributed by atoms with van der Waals surface area (Å²) in [4.78, 5) is 0. The van der Waals surface area contributed by atoms with Crippen LogP contribution in [0.2, 0.25) is 0 Å². The maximum atomic E-state index is 8.91. The van der Waals surface area contributed by atoms with Gasteiger partial charge in [-0.1, -0.05) is 6.92 Å². The van der Waals surface area contributed by atoms with Crippen molar-refractivity contribution in [1.82, 2.24) is 4.57 Å². The van der Waals surface area contributed by atoms with Gasteiger partial charge in [-0.05, 0) is 36.6 Å². The van der Waals surface area contributed by atoms with Crippen LogP contribution >= 0.6 is 0 Å². The highest BCUT2D eigenvalue weighted by Gasteiger charge is 2.07. The van der Waals surface area contributed by atoms with Gasteiger partial charge in [-0.15, -0.1) is 0 Å². The van der Waals surface area contributed by atoms with Crippen molar-refractivity contribution >= 4 is 10.9 Å². The van der Waals surface area contributed by atoms with Gasteiger partial charge in [0.2, 0.25) is 0 Å². The topological polar surface area (TPSA) is 34.4 Å². The van der Waals surface area contributed by atoms with Crippen molar-refractivity contribution in [1.29, 1.82) is 0 Å². The van der Waals surface area contributed by atoms with Crippen LogP contribution in [0.1, 0.15) is 18.9 Å². The van der Waals surface area contributed by atoms with E-state index in [1.165, 1.54) is 16.5 Å². The molecule has 0 fully saturated rings. The van der Waals surface area contributed by atoms with Crippen LogP contribution in [0, 0.1) is 0 Å². The number of aryl methyl sites for hydroxylation is 2. The molecule has 3 heteroatoms. The molecule has 0 spiro atoms. The Bertz CT molecular complexity index is 502. The first-order chi connectivity index (χ1) is 8.30. The van der Waals surface area contributed by atoms with E-state index in [1.54, 1.807) is 7.11 Å². The van der Waals surface area contributed by atoms with Gasteiger partial charge in [0.15, 0.2) is 0 Å². The van der Waals surface area contributed by atoms with Crippen molar-refractivity contribution in [2.24, 2.45) is 0 Å². The van der Waals surface area contributed by atoms with Crippen LogP contribution in [0.5, 0.6) is 5.75 Å². The lowest BCUT2D eigenvalue weighted by molar-refractivity contribution is 0.280. The van der Waals surface area contributed by atoms with Crippen LogP contribution in [0.3, 0.4) is 0 Å². The highest BCUT2D eigenvalue weighted by atomic mass is 16.5. The Hall–Kier alpha value is -1.48. The molecule has 0 bridgehead atoms. The number of nitrogens with zero attached hydrogens (tertiary/aromatic N) is 1. The number of ether oxygens (including phenoxy) is 1. The van der Waals surface area contributed by atoms with Crippen molar-refractivity contribution < 1.29 is 9.84 Å². The molecule has 0 aliphatic carbocycles. The molecule has 0 aliphatic rings. The van der Waals surface area contributed by atoms with Crippen LogP contribution in [0.25, 0.3) is 10.9 Å². The van der Waals surface area contributed by atoms with Gasteiger partial charge in [-0.25, -0.2) is 0 Å². The lowest BCUT2D eigenvalue weighted by Crippen LogP contribution is -1.98. The van der Waals surface area contributed by atoms with E-state index >= 15 is 0 Å². The zero-order chi connectivity index (χ0) is 12.3. The summed E-state index contributed by atoms with van der Waals surface area (Å²) >= 11 is 0. The molecule has 92 valence electrons. The summed E-state index contributed by atoms with van der Waals surface area (Å²) in [5.74, 6) is 0.895. The van der Waals surface area contributed by atoms with Crippen molar-refractivity contribution in [2.45, 2.75) is 26.3 Å². The number of hydrogen-bond donors (Lipinski definition) is 1. The molecular weight excluding hydrogens is 214 g/mol. The number of hydrogen-bond acceptors (Lipinski definition) is 2. The first-order valence-corrected chi connectivity index (χ1v) is 6.06. The summed E-state index contributed by atoms with van der Waals surface area (Å²) in [5, 5.41) is 10.2. The SMILES string of the molecule is CCc1cn(CCCO)c2ccc(OC)cc12. The van der Waals surface area contributed by atoms with E-state index in [4.69, 9.17) is 9.84 Å². The number of rotatable bonds is 5. The Morgan fingerprint density at radius 2 is 2.18 bits per heavy atom. The fourth-order valence-corrected chi connectivity index (χ4v) is 2.18. The lowest BCUT2D eigenvalue weighted by atomic mass is 10.1. The Morgan fingerprint density at radius 3 is 2.82 bits per heavy atom. The van der Waals surface area contributed by atoms with Gasteiger partial charge in [0.05, 0.1) is 7.11 Å². The highest BCUT2D eigenvalue weighted by molar-refractivity contribution is 5.85. The number of aliphatic hydroxyl groups excluding tert-OH is 1. The molecule has 0 atom stereocenters. The van der Waals surface area contributed by atoms with Crippen molar-refractivity contribution in [3.05, 3.63) is 30.0 Å². The third-order valence-electron chi connectivity index (χ3n) is 3.11. The zero-order valence-corrected chi connectivity index (χ0v) is 10.4. The molecule has 1 heterocycles. The summed E-state index contributed by atoms with van der Waals surface area (Å²) in [6.07, 6.45) is 3.98. The van der Waals surface area contributed by atoms with E-state index < -0.39 is 0 Å². The fourth-order valence-electron chi connectivity index (χ4n) is 2.18. The average molecular weight is 233 g/mol. The van der Waals surface area contributed by atoms with Gasteiger partial charge in [-0.3, -0.25) is 0 Å². The number of methoxy groups -OCH3 is 1. The zero-order valence-electron chi connectivity index (χ0n) is 10.4. The molecule has 0 saturated carbocycles. The van der Waals surface area contributed by atoms with Gasteiger partial charge in [0.1, 0.15) is 5.75 Å². The number of fused-ring (bicyclic) bond motifs is 1. The second kappa shape index (κ2) is 5.23. The molecule has 0 saturated heterocycles. The van der Waals surface area contributed by atoms with Crippen molar-refractivity contribution in [3.8, 4) is 5.75 Å². The van der Waals surface area contributed by atoms with Gasteiger partial charge in [-0.2, -0.15) is 0 Å². The Kier molecular flexibility index (Phi) is 3.69. The van der Waals surface area contributed by atoms with Crippen LogP contribution in [0.4, 0.5) is 0 Å². The summed E-state index contributed by atoms with van der Waals surface area (Å²) < 4.78 is 7.48. The smallest absolute Gasteiger partial charge is 0.119 e. The summed E-state index contributed by atoms with van der Waals surface area (Å²) in [7, 11) is 1.69. The molecule has 0 radical (unpaired) electrons. The standard InChI is InChI=1S/C14H19NO2/c1-3-11-10-15(7-4-8-16)14-6-5-12(17-2)9-13(11)14/h5-6,9-10,16H,3-4,7-8H2,1-2H3. The van der Waals surface area contributed by atoms with Crippen LogP contribution in [-0.2, 0) is 13.0 Å². The Balaban J connectivity index is 2.48. The molecule has 1 aromatic carbocycles. The van der Waals surface area contributed by atoms with Crippen LogP contribution < -0.4 is 4.74 Å².